The third kappa shape index (κ3) is 3.55. The van der Waals surface area contributed by atoms with Crippen LogP contribution in [0.3, 0.4) is 0 Å². The summed E-state index contributed by atoms with van der Waals surface area (Å²) in [5.74, 6) is 0.262. The maximum Gasteiger partial charge on any atom is 0.222 e. The predicted octanol–water partition coefficient (Wildman–Crippen LogP) is 3.00. The van der Waals surface area contributed by atoms with E-state index in [1.54, 1.807) is 0 Å². The van der Waals surface area contributed by atoms with Crippen molar-refractivity contribution in [2.45, 2.75) is 32.2 Å². The molecule has 2 aromatic heterocycles. The van der Waals surface area contributed by atoms with Crippen molar-refractivity contribution in [3.05, 3.63) is 36.8 Å². The van der Waals surface area contributed by atoms with Crippen LogP contribution in [0, 0.1) is 0 Å². The molecule has 1 fully saturated rings. The molecule has 0 atom stereocenters. The molecule has 136 valence electrons. The number of amides is 1. The van der Waals surface area contributed by atoms with Crippen molar-refractivity contribution >= 4 is 27.8 Å². The van der Waals surface area contributed by atoms with Gasteiger partial charge in [-0.15, -0.1) is 0 Å². The molecule has 1 aromatic carbocycles. The van der Waals surface area contributed by atoms with Gasteiger partial charge >= 0.3 is 0 Å². The SMILES string of the molecule is O=C(CCCCCn1cnc2cnc3ccccc3c21)N1CCOCC1. The van der Waals surface area contributed by atoms with Crippen LogP contribution in [0.1, 0.15) is 25.7 Å². The summed E-state index contributed by atoms with van der Waals surface area (Å²) in [6.45, 7) is 3.72. The smallest absolute Gasteiger partial charge is 0.222 e. The zero-order chi connectivity index (χ0) is 17.8. The summed E-state index contributed by atoms with van der Waals surface area (Å²) in [6.07, 6.45) is 7.40. The first-order valence-corrected chi connectivity index (χ1v) is 9.37. The zero-order valence-corrected chi connectivity index (χ0v) is 14.9. The van der Waals surface area contributed by atoms with Crippen LogP contribution in [0.25, 0.3) is 21.9 Å². The number of hydrogen-bond donors (Lipinski definition) is 0. The number of ether oxygens (including phenoxy) is 1. The van der Waals surface area contributed by atoms with E-state index >= 15 is 0 Å². The Morgan fingerprint density at radius 1 is 1.04 bits per heavy atom. The highest BCUT2D eigenvalue weighted by Gasteiger charge is 2.16. The van der Waals surface area contributed by atoms with E-state index in [0.717, 1.165) is 60.8 Å². The van der Waals surface area contributed by atoms with Crippen LogP contribution < -0.4 is 0 Å². The Balaban J connectivity index is 1.32. The Hall–Kier alpha value is -2.47. The molecule has 6 heteroatoms. The molecule has 0 saturated carbocycles. The number of morpholine rings is 1. The van der Waals surface area contributed by atoms with Crippen LogP contribution in [0.5, 0.6) is 0 Å². The van der Waals surface area contributed by atoms with Crippen molar-refractivity contribution in [3.8, 4) is 0 Å². The van der Waals surface area contributed by atoms with Crippen molar-refractivity contribution in [1.29, 1.82) is 0 Å². The number of hydrogen-bond acceptors (Lipinski definition) is 4. The van der Waals surface area contributed by atoms with Gasteiger partial charge in [-0.3, -0.25) is 9.78 Å². The third-order valence-electron chi connectivity index (χ3n) is 5.00. The number of carbonyl (C=O) groups excluding carboxylic acids is 1. The monoisotopic (exact) mass is 352 g/mol. The molecule has 4 rings (SSSR count). The number of fused-ring (bicyclic) bond motifs is 3. The highest BCUT2D eigenvalue weighted by Crippen LogP contribution is 2.23. The average Bonchev–Trinajstić information content (AvgIpc) is 3.12. The molecule has 1 aliphatic rings. The van der Waals surface area contributed by atoms with Gasteiger partial charge in [0.2, 0.25) is 5.91 Å². The molecule has 3 aromatic rings. The maximum absolute atomic E-state index is 12.2. The number of nitrogens with zero attached hydrogens (tertiary/aromatic N) is 4. The standard InChI is InChI=1S/C20H24N4O2/c25-19(23-10-12-26-13-11-23)8-2-1-5-9-24-15-22-18-14-21-17-7-4-3-6-16(17)20(18)24/h3-4,6-7,14-15H,1-2,5,8-13H2. The van der Waals surface area contributed by atoms with E-state index in [4.69, 9.17) is 4.74 Å². The van der Waals surface area contributed by atoms with Gasteiger partial charge in [-0.25, -0.2) is 4.98 Å². The van der Waals surface area contributed by atoms with Crippen molar-refractivity contribution < 1.29 is 9.53 Å². The van der Waals surface area contributed by atoms with E-state index in [-0.39, 0.29) is 5.91 Å². The number of imidazole rings is 1. The second-order valence-electron chi connectivity index (χ2n) is 6.75. The van der Waals surface area contributed by atoms with E-state index in [9.17, 15) is 4.79 Å². The van der Waals surface area contributed by atoms with Gasteiger partial charge in [-0.2, -0.15) is 0 Å². The number of para-hydroxylation sites is 1. The first-order chi connectivity index (χ1) is 12.8. The van der Waals surface area contributed by atoms with Crippen molar-refractivity contribution in [1.82, 2.24) is 19.4 Å². The molecule has 1 amide bonds. The van der Waals surface area contributed by atoms with Gasteiger partial charge in [0.15, 0.2) is 0 Å². The fraction of sp³-hybridized carbons (Fsp3) is 0.450. The highest BCUT2D eigenvalue weighted by atomic mass is 16.5. The lowest BCUT2D eigenvalue weighted by Gasteiger charge is -2.26. The number of carbonyl (C=O) groups is 1. The molecule has 6 nitrogen and oxygen atoms in total. The normalized spacial score (nSPS) is 15.0. The number of unbranched alkanes of at least 4 members (excludes halogenated alkanes) is 2. The predicted molar refractivity (Wildman–Crippen MR) is 101 cm³/mol. The minimum atomic E-state index is 0.262. The number of aryl methyl sites for hydroxylation is 1. The lowest BCUT2D eigenvalue weighted by molar-refractivity contribution is -0.135. The summed E-state index contributed by atoms with van der Waals surface area (Å²) < 4.78 is 7.50. The Morgan fingerprint density at radius 3 is 2.77 bits per heavy atom. The fourth-order valence-corrected chi connectivity index (χ4v) is 3.58. The van der Waals surface area contributed by atoms with E-state index in [2.05, 4.69) is 20.6 Å². The van der Waals surface area contributed by atoms with Gasteiger partial charge in [-0.1, -0.05) is 24.6 Å². The van der Waals surface area contributed by atoms with Gasteiger partial charge in [0, 0.05) is 31.4 Å². The molecule has 26 heavy (non-hydrogen) atoms. The molecule has 1 aliphatic heterocycles. The number of rotatable bonds is 6. The molecule has 0 spiro atoms. The zero-order valence-electron chi connectivity index (χ0n) is 14.9. The maximum atomic E-state index is 12.2. The second kappa shape index (κ2) is 7.83. The van der Waals surface area contributed by atoms with Crippen LogP contribution in [0.15, 0.2) is 36.8 Å². The van der Waals surface area contributed by atoms with E-state index < -0.39 is 0 Å². The lowest BCUT2D eigenvalue weighted by atomic mass is 10.1. The molecule has 0 radical (unpaired) electrons. The van der Waals surface area contributed by atoms with Gasteiger partial charge in [0.05, 0.1) is 36.8 Å². The van der Waals surface area contributed by atoms with Gasteiger partial charge in [0.1, 0.15) is 5.52 Å². The number of benzene rings is 1. The quantitative estimate of drug-likeness (QED) is 0.640. The Kier molecular flexibility index (Phi) is 5.11. The molecule has 0 bridgehead atoms. The fourth-order valence-electron chi connectivity index (χ4n) is 3.58. The van der Waals surface area contributed by atoms with Gasteiger partial charge in [-0.05, 0) is 18.9 Å². The van der Waals surface area contributed by atoms with Gasteiger partial charge in [0.25, 0.3) is 0 Å². The summed E-state index contributed by atoms with van der Waals surface area (Å²) in [7, 11) is 0. The summed E-state index contributed by atoms with van der Waals surface area (Å²) in [5, 5.41) is 1.14. The first kappa shape index (κ1) is 17.0. The third-order valence-corrected chi connectivity index (χ3v) is 5.00. The minimum Gasteiger partial charge on any atom is -0.378 e. The molecule has 0 N–H and O–H groups in total. The minimum absolute atomic E-state index is 0.262. The molecule has 3 heterocycles. The van der Waals surface area contributed by atoms with Crippen molar-refractivity contribution in [2.24, 2.45) is 0 Å². The summed E-state index contributed by atoms with van der Waals surface area (Å²) in [6, 6.07) is 8.18. The first-order valence-electron chi connectivity index (χ1n) is 9.37. The molecule has 1 saturated heterocycles. The molecular weight excluding hydrogens is 328 g/mol. The van der Waals surface area contributed by atoms with Crippen LogP contribution in [0.2, 0.25) is 0 Å². The van der Waals surface area contributed by atoms with Crippen molar-refractivity contribution in [2.75, 3.05) is 26.3 Å². The van der Waals surface area contributed by atoms with Crippen LogP contribution in [-0.4, -0.2) is 51.6 Å². The Labute approximate surface area is 152 Å². The number of aromatic nitrogens is 3. The van der Waals surface area contributed by atoms with Crippen molar-refractivity contribution in [3.63, 3.8) is 0 Å². The summed E-state index contributed by atoms with van der Waals surface area (Å²) >= 11 is 0. The summed E-state index contributed by atoms with van der Waals surface area (Å²) in [5.41, 5.74) is 3.09. The molecule has 0 unspecified atom stereocenters. The Morgan fingerprint density at radius 2 is 1.88 bits per heavy atom. The van der Waals surface area contributed by atoms with Crippen LogP contribution in [0.4, 0.5) is 0 Å². The van der Waals surface area contributed by atoms with Crippen LogP contribution >= 0.6 is 0 Å². The van der Waals surface area contributed by atoms with E-state index in [0.29, 0.717) is 19.6 Å². The van der Waals surface area contributed by atoms with Crippen LogP contribution in [-0.2, 0) is 16.1 Å². The second-order valence-corrected chi connectivity index (χ2v) is 6.75. The highest BCUT2D eigenvalue weighted by molar-refractivity contribution is 6.01. The molecular formula is C20H24N4O2. The molecule has 0 aliphatic carbocycles. The Bertz CT molecular complexity index is 899. The number of pyridine rings is 1. The average molecular weight is 352 g/mol. The van der Waals surface area contributed by atoms with Gasteiger partial charge < -0.3 is 14.2 Å². The topological polar surface area (TPSA) is 60.2 Å². The lowest BCUT2D eigenvalue weighted by Crippen LogP contribution is -2.40. The van der Waals surface area contributed by atoms with E-state index in [1.807, 2.05) is 35.6 Å². The summed E-state index contributed by atoms with van der Waals surface area (Å²) in [4.78, 5) is 23.0. The largest absolute Gasteiger partial charge is 0.378 e. The van der Waals surface area contributed by atoms with E-state index in [1.165, 1.54) is 0 Å².